The third-order valence-corrected chi connectivity index (χ3v) is 2.70. The Kier molecular flexibility index (Phi) is 3.58. The number of hydrogen-bond acceptors (Lipinski definition) is 4. The summed E-state index contributed by atoms with van der Waals surface area (Å²) in [7, 11) is 0. The molecule has 88 valence electrons. The van der Waals surface area contributed by atoms with Crippen molar-refractivity contribution >= 4 is 5.95 Å². The summed E-state index contributed by atoms with van der Waals surface area (Å²) in [5.74, 6) is 0.974. The van der Waals surface area contributed by atoms with Gasteiger partial charge in [-0.15, -0.1) is 6.58 Å². The van der Waals surface area contributed by atoms with Gasteiger partial charge in [-0.25, -0.2) is 4.98 Å². The SMILES string of the molecule is C=CCn1ccnc1N1CCOC(CN)C1. The number of anilines is 1. The van der Waals surface area contributed by atoms with Crippen molar-refractivity contribution in [2.45, 2.75) is 12.6 Å². The fourth-order valence-electron chi connectivity index (χ4n) is 1.91. The number of ether oxygens (including phenoxy) is 1. The maximum absolute atomic E-state index is 5.62. The van der Waals surface area contributed by atoms with E-state index in [1.54, 1.807) is 0 Å². The summed E-state index contributed by atoms with van der Waals surface area (Å²) in [6, 6.07) is 0. The highest BCUT2D eigenvalue weighted by atomic mass is 16.5. The van der Waals surface area contributed by atoms with E-state index in [-0.39, 0.29) is 6.10 Å². The molecule has 1 aliphatic heterocycles. The standard InChI is InChI=1S/C11H18N4O/c1-2-4-14-5-3-13-11(14)15-6-7-16-10(8-12)9-15/h2-3,5,10H,1,4,6-9,12H2. The van der Waals surface area contributed by atoms with Gasteiger partial charge >= 0.3 is 0 Å². The van der Waals surface area contributed by atoms with Gasteiger partial charge in [0.05, 0.1) is 12.7 Å². The number of rotatable bonds is 4. The Labute approximate surface area is 95.5 Å². The first-order valence-corrected chi connectivity index (χ1v) is 5.53. The summed E-state index contributed by atoms with van der Waals surface area (Å²) >= 11 is 0. The predicted molar refractivity (Wildman–Crippen MR) is 63.4 cm³/mol. The van der Waals surface area contributed by atoms with E-state index in [2.05, 4.69) is 21.0 Å². The van der Waals surface area contributed by atoms with E-state index in [1.165, 1.54) is 0 Å². The molecule has 0 spiro atoms. The summed E-state index contributed by atoms with van der Waals surface area (Å²) < 4.78 is 7.61. The van der Waals surface area contributed by atoms with E-state index in [0.29, 0.717) is 13.2 Å². The van der Waals surface area contributed by atoms with E-state index >= 15 is 0 Å². The van der Waals surface area contributed by atoms with Crippen molar-refractivity contribution in [1.82, 2.24) is 9.55 Å². The highest BCUT2D eigenvalue weighted by Crippen LogP contribution is 2.15. The van der Waals surface area contributed by atoms with Crippen molar-refractivity contribution in [3.05, 3.63) is 25.0 Å². The molecule has 1 unspecified atom stereocenters. The summed E-state index contributed by atoms with van der Waals surface area (Å²) in [6.45, 7) is 7.46. The smallest absolute Gasteiger partial charge is 0.205 e. The fraction of sp³-hybridized carbons (Fsp3) is 0.545. The number of hydrogen-bond donors (Lipinski definition) is 1. The first-order valence-electron chi connectivity index (χ1n) is 5.53. The molecule has 2 N–H and O–H groups in total. The van der Waals surface area contributed by atoms with Crippen molar-refractivity contribution < 1.29 is 4.74 Å². The molecule has 2 heterocycles. The van der Waals surface area contributed by atoms with Crippen LogP contribution in [0.25, 0.3) is 0 Å². The quantitative estimate of drug-likeness (QED) is 0.741. The maximum Gasteiger partial charge on any atom is 0.205 e. The van der Waals surface area contributed by atoms with Crippen LogP contribution in [0.1, 0.15) is 0 Å². The molecule has 0 radical (unpaired) electrons. The first-order chi connectivity index (χ1) is 7.85. The molecule has 5 heteroatoms. The van der Waals surface area contributed by atoms with Crippen LogP contribution in [-0.2, 0) is 11.3 Å². The van der Waals surface area contributed by atoms with Gasteiger partial charge < -0.3 is 19.9 Å². The van der Waals surface area contributed by atoms with Gasteiger partial charge in [0.25, 0.3) is 0 Å². The zero-order valence-electron chi connectivity index (χ0n) is 9.38. The molecule has 0 bridgehead atoms. The molecule has 0 amide bonds. The minimum atomic E-state index is 0.114. The molecule has 16 heavy (non-hydrogen) atoms. The van der Waals surface area contributed by atoms with Gasteiger partial charge in [-0.2, -0.15) is 0 Å². The molecule has 5 nitrogen and oxygen atoms in total. The van der Waals surface area contributed by atoms with Crippen LogP contribution in [0.15, 0.2) is 25.0 Å². The van der Waals surface area contributed by atoms with Crippen molar-refractivity contribution in [2.24, 2.45) is 5.73 Å². The molecular formula is C11H18N4O. The lowest BCUT2D eigenvalue weighted by Crippen LogP contribution is -2.46. The monoisotopic (exact) mass is 222 g/mol. The summed E-state index contributed by atoms with van der Waals surface area (Å²) in [4.78, 5) is 6.58. The van der Waals surface area contributed by atoms with E-state index in [1.807, 2.05) is 18.5 Å². The van der Waals surface area contributed by atoms with Crippen LogP contribution >= 0.6 is 0 Å². The molecule has 1 atom stereocenters. The molecule has 0 aliphatic carbocycles. The van der Waals surface area contributed by atoms with Gasteiger partial charge in [0, 0.05) is 38.6 Å². The average molecular weight is 222 g/mol. The van der Waals surface area contributed by atoms with E-state index < -0.39 is 0 Å². The van der Waals surface area contributed by atoms with E-state index in [4.69, 9.17) is 10.5 Å². The second-order valence-electron chi connectivity index (χ2n) is 3.84. The lowest BCUT2D eigenvalue weighted by molar-refractivity contribution is 0.0458. The van der Waals surface area contributed by atoms with Crippen LogP contribution in [-0.4, -0.2) is 41.9 Å². The van der Waals surface area contributed by atoms with Gasteiger partial charge in [-0.3, -0.25) is 0 Å². The van der Waals surface area contributed by atoms with Gasteiger partial charge in [0.2, 0.25) is 5.95 Å². The van der Waals surface area contributed by atoms with Crippen molar-refractivity contribution in [2.75, 3.05) is 31.1 Å². The molecule has 1 aliphatic rings. The van der Waals surface area contributed by atoms with Crippen LogP contribution in [0, 0.1) is 0 Å². The van der Waals surface area contributed by atoms with Crippen LogP contribution < -0.4 is 10.6 Å². The Balaban J connectivity index is 2.10. The normalized spacial score (nSPS) is 21.1. The fourth-order valence-corrected chi connectivity index (χ4v) is 1.91. The third-order valence-electron chi connectivity index (χ3n) is 2.70. The minimum Gasteiger partial charge on any atom is -0.373 e. The Hall–Kier alpha value is -1.33. The van der Waals surface area contributed by atoms with Crippen molar-refractivity contribution in [1.29, 1.82) is 0 Å². The van der Waals surface area contributed by atoms with Gasteiger partial charge in [-0.05, 0) is 0 Å². The molecule has 2 rings (SSSR count). The average Bonchev–Trinajstić information content (AvgIpc) is 2.78. The number of nitrogens with zero attached hydrogens (tertiary/aromatic N) is 3. The summed E-state index contributed by atoms with van der Waals surface area (Å²) in [5, 5.41) is 0. The Bertz CT molecular complexity index is 350. The Morgan fingerprint density at radius 3 is 3.31 bits per heavy atom. The number of imidazole rings is 1. The summed E-state index contributed by atoms with van der Waals surface area (Å²) in [6.07, 6.45) is 5.75. The highest BCUT2D eigenvalue weighted by Gasteiger charge is 2.21. The first kappa shape index (κ1) is 11.2. The lowest BCUT2D eigenvalue weighted by atomic mass is 10.3. The second-order valence-corrected chi connectivity index (χ2v) is 3.84. The second kappa shape index (κ2) is 5.14. The number of nitrogens with two attached hydrogens (primary N) is 1. The van der Waals surface area contributed by atoms with Crippen LogP contribution in [0.3, 0.4) is 0 Å². The molecule has 1 fully saturated rings. The zero-order valence-corrected chi connectivity index (χ0v) is 9.38. The molecule has 1 saturated heterocycles. The number of allylic oxidation sites excluding steroid dienone is 1. The lowest BCUT2D eigenvalue weighted by Gasteiger charge is -2.33. The highest BCUT2D eigenvalue weighted by molar-refractivity contribution is 5.32. The van der Waals surface area contributed by atoms with Crippen molar-refractivity contribution in [3.63, 3.8) is 0 Å². The third kappa shape index (κ3) is 2.25. The van der Waals surface area contributed by atoms with E-state index in [9.17, 15) is 0 Å². The predicted octanol–water partition coefficient (Wildman–Crippen LogP) is 0.233. The Morgan fingerprint density at radius 2 is 2.56 bits per heavy atom. The molecule has 0 aromatic carbocycles. The molecule has 1 aromatic rings. The summed E-state index contributed by atoms with van der Waals surface area (Å²) in [5.41, 5.74) is 5.62. The minimum absolute atomic E-state index is 0.114. The topological polar surface area (TPSA) is 56.3 Å². The molecule has 0 saturated carbocycles. The Morgan fingerprint density at radius 1 is 1.69 bits per heavy atom. The number of aromatic nitrogens is 2. The molecule has 1 aromatic heterocycles. The van der Waals surface area contributed by atoms with Crippen LogP contribution in [0.4, 0.5) is 5.95 Å². The molecular weight excluding hydrogens is 204 g/mol. The van der Waals surface area contributed by atoms with Gasteiger partial charge in [-0.1, -0.05) is 6.08 Å². The number of morpholine rings is 1. The van der Waals surface area contributed by atoms with E-state index in [0.717, 1.165) is 25.6 Å². The van der Waals surface area contributed by atoms with Crippen molar-refractivity contribution in [3.8, 4) is 0 Å². The van der Waals surface area contributed by atoms with Gasteiger partial charge in [0.15, 0.2) is 0 Å². The maximum atomic E-state index is 5.62. The van der Waals surface area contributed by atoms with Gasteiger partial charge in [0.1, 0.15) is 0 Å². The zero-order chi connectivity index (χ0) is 11.4. The van der Waals surface area contributed by atoms with Crippen LogP contribution in [0.2, 0.25) is 0 Å². The van der Waals surface area contributed by atoms with Crippen LogP contribution in [0.5, 0.6) is 0 Å². The largest absolute Gasteiger partial charge is 0.373 e.